The van der Waals surface area contributed by atoms with Crippen LogP contribution in [0.3, 0.4) is 0 Å². The van der Waals surface area contributed by atoms with E-state index in [1.807, 2.05) is 32.0 Å². The number of pyridine rings is 1. The van der Waals surface area contributed by atoms with E-state index in [0.717, 1.165) is 22.0 Å². The molecule has 142 valence electrons. The molecular formula is C22H20ClN3O2. The number of hydrogen-bond acceptors (Lipinski definition) is 4. The van der Waals surface area contributed by atoms with Gasteiger partial charge in [-0.3, -0.25) is 4.79 Å². The first kappa shape index (κ1) is 19.7. The van der Waals surface area contributed by atoms with Crippen LogP contribution in [-0.2, 0) is 11.2 Å². The molecule has 1 aromatic heterocycles. The SMILES string of the molecule is COc1ccccc1NC(=O)[C@H](C#N)Cc1cc2ccc(C)c(C)c2nc1Cl. The molecule has 1 atom stereocenters. The number of benzene rings is 2. The second kappa shape index (κ2) is 8.28. The molecule has 2 aromatic carbocycles. The molecule has 0 fully saturated rings. The summed E-state index contributed by atoms with van der Waals surface area (Å²) >= 11 is 6.37. The second-order valence-corrected chi connectivity index (χ2v) is 6.95. The monoisotopic (exact) mass is 393 g/mol. The summed E-state index contributed by atoms with van der Waals surface area (Å²) in [6, 6.07) is 15.0. The average molecular weight is 394 g/mol. The van der Waals surface area contributed by atoms with Crippen LogP contribution in [0.5, 0.6) is 5.75 Å². The van der Waals surface area contributed by atoms with Crippen molar-refractivity contribution in [2.45, 2.75) is 20.3 Å². The Morgan fingerprint density at radius 1 is 1.29 bits per heavy atom. The number of amides is 1. The van der Waals surface area contributed by atoms with Gasteiger partial charge >= 0.3 is 0 Å². The van der Waals surface area contributed by atoms with Gasteiger partial charge in [0.05, 0.1) is 24.4 Å². The van der Waals surface area contributed by atoms with Crippen LogP contribution in [0.2, 0.25) is 5.15 Å². The molecular weight excluding hydrogens is 374 g/mol. The maximum Gasteiger partial charge on any atom is 0.242 e. The normalized spacial score (nSPS) is 11.7. The van der Waals surface area contributed by atoms with Gasteiger partial charge in [0.2, 0.25) is 5.91 Å². The van der Waals surface area contributed by atoms with E-state index in [1.54, 1.807) is 24.3 Å². The molecule has 0 bridgehead atoms. The van der Waals surface area contributed by atoms with Gasteiger partial charge in [0.15, 0.2) is 0 Å². The molecule has 28 heavy (non-hydrogen) atoms. The summed E-state index contributed by atoms with van der Waals surface area (Å²) in [4.78, 5) is 17.1. The summed E-state index contributed by atoms with van der Waals surface area (Å²) in [5.41, 5.74) is 4.22. The van der Waals surface area contributed by atoms with Crippen molar-refractivity contribution in [1.29, 1.82) is 5.26 Å². The molecule has 1 amide bonds. The van der Waals surface area contributed by atoms with Crippen molar-refractivity contribution in [2.24, 2.45) is 5.92 Å². The Morgan fingerprint density at radius 3 is 2.75 bits per heavy atom. The predicted molar refractivity (Wildman–Crippen MR) is 111 cm³/mol. The molecule has 0 saturated heterocycles. The Labute approximate surface area is 168 Å². The van der Waals surface area contributed by atoms with Crippen molar-refractivity contribution >= 4 is 34.1 Å². The first-order valence-corrected chi connectivity index (χ1v) is 9.21. The number of nitriles is 1. The Hall–Kier alpha value is -3.10. The van der Waals surface area contributed by atoms with Crippen LogP contribution in [0, 0.1) is 31.1 Å². The van der Waals surface area contributed by atoms with Crippen LogP contribution in [-0.4, -0.2) is 18.0 Å². The number of rotatable bonds is 5. The molecule has 0 saturated carbocycles. The average Bonchev–Trinajstić information content (AvgIpc) is 2.70. The highest BCUT2D eigenvalue weighted by molar-refractivity contribution is 6.30. The van der Waals surface area contributed by atoms with Crippen LogP contribution in [0.25, 0.3) is 10.9 Å². The minimum absolute atomic E-state index is 0.173. The summed E-state index contributed by atoms with van der Waals surface area (Å²) in [7, 11) is 1.52. The van der Waals surface area contributed by atoms with Gasteiger partial charge in [0, 0.05) is 11.8 Å². The third kappa shape index (κ3) is 3.92. The number of nitrogens with zero attached hydrogens (tertiary/aromatic N) is 2. The fourth-order valence-corrected chi connectivity index (χ4v) is 3.25. The Bertz CT molecular complexity index is 1090. The lowest BCUT2D eigenvalue weighted by molar-refractivity contribution is -0.118. The molecule has 0 aliphatic rings. The summed E-state index contributed by atoms with van der Waals surface area (Å²) in [5, 5.41) is 13.5. The Kier molecular flexibility index (Phi) is 5.81. The van der Waals surface area contributed by atoms with Gasteiger partial charge < -0.3 is 10.1 Å². The minimum atomic E-state index is -0.909. The minimum Gasteiger partial charge on any atom is -0.495 e. The Morgan fingerprint density at radius 2 is 2.04 bits per heavy atom. The molecule has 0 unspecified atom stereocenters. The highest BCUT2D eigenvalue weighted by atomic mass is 35.5. The Balaban J connectivity index is 1.86. The zero-order chi connectivity index (χ0) is 20.3. The second-order valence-electron chi connectivity index (χ2n) is 6.59. The van der Waals surface area contributed by atoms with Gasteiger partial charge in [0.1, 0.15) is 16.8 Å². The molecule has 1 N–H and O–H groups in total. The van der Waals surface area contributed by atoms with E-state index in [9.17, 15) is 10.1 Å². The lowest BCUT2D eigenvalue weighted by Gasteiger charge is -2.14. The first-order chi connectivity index (χ1) is 13.4. The van der Waals surface area contributed by atoms with Crippen molar-refractivity contribution < 1.29 is 9.53 Å². The van der Waals surface area contributed by atoms with E-state index in [1.165, 1.54) is 7.11 Å². The number of nitrogens with one attached hydrogen (secondary N) is 1. The number of methoxy groups -OCH3 is 1. The van der Waals surface area contributed by atoms with E-state index in [4.69, 9.17) is 16.3 Å². The molecule has 5 nitrogen and oxygen atoms in total. The van der Waals surface area contributed by atoms with Crippen molar-refractivity contribution in [3.63, 3.8) is 0 Å². The molecule has 3 rings (SSSR count). The van der Waals surface area contributed by atoms with E-state index in [0.29, 0.717) is 22.2 Å². The van der Waals surface area contributed by atoms with E-state index in [-0.39, 0.29) is 6.42 Å². The molecule has 3 aromatic rings. The number of para-hydroxylation sites is 2. The quantitative estimate of drug-likeness (QED) is 0.629. The predicted octanol–water partition coefficient (Wildman–Crippen LogP) is 4.83. The van der Waals surface area contributed by atoms with Crippen molar-refractivity contribution in [2.75, 3.05) is 12.4 Å². The number of anilines is 1. The van der Waals surface area contributed by atoms with E-state index >= 15 is 0 Å². The summed E-state index contributed by atoms with van der Waals surface area (Å²) in [6.45, 7) is 4.02. The topological polar surface area (TPSA) is 75.0 Å². The third-order valence-electron chi connectivity index (χ3n) is 4.80. The highest BCUT2D eigenvalue weighted by Gasteiger charge is 2.22. The standard InChI is InChI=1S/C22H20ClN3O2/c1-13-8-9-15-10-16(21(23)26-20(15)14(13)2)11-17(12-24)22(27)25-18-6-4-5-7-19(18)28-3/h4-10,17H,11H2,1-3H3,(H,25,27)/t17-/m0/s1. The molecule has 1 heterocycles. The maximum absolute atomic E-state index is 12.6. The fourth-order valence-electron chi connectivity index (χ4n) is 3.03. The molecule has 0 spiro atoms. The van der Waals surface area contributed by atoms with Gasteiger partial charge in [-0.25, -0.2) is 4.98 Å². The fraction of sp³-hybridized carbons (Fsp3) is 0.227. The molecule has 6 heteroatoms. The summed E-state index contributed by atoms with van der Waals surface area (Å²) in [6.07, 6.45) is 0.173. The smallest absolute Gasteiger partial charge is 0.242 e. The zero-order valence-electron chi connectivity index (χ0n) is 15.9. The molecule has 0 aliphatic carbocycles. The number of fused-ring (bicyclic) bond motifs is 1. The number of aromatic nitrogens is 1. The zero-order valence-corrected chi connectivity index (χ0v) is 16.7. The number of halogens is 1. The molecule has 0 radical (unpaired) electrons. The lowest BCUT2D eigenvalue weighted by Crippen LogP contribution is -2.24. The van der Waals surface area contributed by atoms with Gasteiger partial charge in [0.25, 0.3) is 0 Å². The summed E-state index contributed by atoms with van der Waals surface area (Å²) in [5.74, 6) is -0.791. The lowest BCUT2D eigenvalue weighted by atomic mass is 9.98. The largest absolute Gasteiger partial charge is 0.495 e. The van der Waals surface area contributed by atoms with Gasteiger partial charge in [-0.2, -0.15) is 5.26 Å². The van der Waals surface area contributed by atoms with Crippen molar-refractivity contribution in [1.82, 2.24) is 4.98 Å². The van der Waals surface area contributed by atoms with E-state index in [2.05, 4.69) is 16.4 Å². The number of ether oxygens (including phenoxy) is 1. The van der Waals surface area contributed by atoms with Crippen LogP contribution < -0.4 is 10.1 Å². The number of hydrogen-bond donors (Lipinski definition) is 1. The van der Waals surface area contributed by atoms with Crippen LogP contribution >= 0.6 is 11.6 Å². The highest BCUT2D eigenvalue weighted by Crippen LogP contribution is 2.28. The number of carbonyl (C=O) groups excluding carboxylic acids is 1. The maximum atomic E-state index is 12.6. The first-order valence-electron chi connectivity index (χ1n) is 8.83. The van der Waals surface area contributed by atoms with Crippen molar-refractivity contribution in [3.8, 4) is 11.8 Å². The summed E-state index contributed by atoms with van der Waals surface area (Å²) < 4.78 is 5.24. The third-order valence-corrected chi connectivity index (χ3v) is 5.13. The molecule has 0 aliphatic heterocycles. The van der Waals surface area contributed by atoms with E-state index < -0.39 is 11.8 Å². The van der Waals surface area contributed by atoms with Gasteiger partial charge in [-0.15, -0.1) is 0 Å². The van der Waals surface area contributed by atoms with Crippen molar-refractivity contribution in [3.05, 3.63) is 64.3 Å². The number of carbonyl (C=O) groups is 1. The van der Waals surface area contributed by atoms with Gasteiger partial charge in [-0.1, -0.05) is 35.9 Å². The van der Waals surface area contributed by atoms with Crippen LogP contribution in [0.4, 0.5) is 5.69 Å². The van der Waals surface area contributed by atoms with Crippen LogP contribution in [0.15, 0.2) is 42.5 Å². The van der Waals surface area contributed by atoms with Crippen LogP contribution in [0.1, 0.15) is 16.7 Å². The number of aryl methyl sites for hydroxylation is 2. The van der Waals surface area contributed by atoms with Gasteiger partial charge in [-0.05, 0) is 48.7 Å².